The third-order valence-corrected chi connectivity index (χ3v) is 8.19. The summed E-state index contributed by atoms with van der Waals surface area (Å²) in [7, 11) is -3.70. The minimum absolute atomic E-state index is 0.228. The fourth-order valence-electron chi connectivity index (χ4n) is 4.32. The molecule has 6 nitrogen and oxygen atoms in total. The van der Waals surface area contributed by atoms with Crippen molar-refractivity contribution in [2.24, 2.45) is 5.92 Å². The number of halogens is 1. The smallest absolute Gasteiger partial charge is 0.261 e. The third kappa shape index (κ3) is 5.77. The van der Waals surface area contributed by atoms with Crippen molar-refractivity contribution in [3.05, 3.63) is 89.7 Å². The van der Waals surface area contributed by atoms with Crippen LogP contribution < -0.4 is 14.4 Å². The van der Waals surface area contributed by atoms with E-state index in [1.165, 1.54) is 5.69 Å². The highest BCUT2D eigenvalue weighted by atomic mass is 79.9. The van der Waals surface area contributed by atoms with E-state index in [9.17, 15) is 8.42 Å². The molecule has 3 aromatic carbocycles. The molecule has 1 N–H and O–H groups in total. The minimum Gasteiger partial charge on any atom is -0.493 e. The Balaban J connectivity index is 1.15. The van der Waals surface area contributed by atoms with Crippen molar-refractivity contribution in [3.63, 3.8) is 0 Å². The Labute approximate surface area is 214 Å². The van der Waals surface area contributed by atoms with E-state index in [2.05, 4.69) is 30.5 Å². The van der Waals surface area contributed by atoms with Crippen LogP contribution in [-0.4, -0.2) is 33.1 Å². The number of hydrogen-bond donors (Lipinski definition) is 1. The normalized spacial score (nSPS) is 14.7. The summed E-state index contributed by atoms with van der Waals surface area (Å²) in [5.41, 5.74) is 1.72. The van der Waals surface area contributed by atoms with Gasteiger partial charge in [0.25, 0.3) is 10.0 Å². The first-order chi connectivity index (χ1) is 17.0. The molecule has 0 amide bonds. The molecule has 0 saturated carbocycles. The van der Waals surface area contributed by atoms with Crippen molar-refractivity contribution in [1.29, 1.82) is 0 Å². The fraction of sp³-hybridized carbons (Fsp3) is 0.222. The largest absolute Gasteiger partial charge is 0.493 e. The van der Waals surface area contributed by atoms with Gasteiger partial charge in [-0.3, -0.25) is 9.71 Å². The van der Waals surface area contributed by atoms with Crippen LogP contribution in [0.1, 0.15) is 12.8 Å². The zero-order valence-electron chi connectivity index (χ0n) is 19.1. The first-order valence-corrected chi connectivity index (χ1v) is 13.8. The van der Waals surface area contributed by atoms with Crippen molar-refractivity contribution >= 4 is 48.1 Å². The maximum atomic E-state index is 12.9. The summed E-state index contributed by atoms with van der Waals surface area (Å²) < 4.78 is 35.4. The van der Waals surface area contributed by atoms with Gasteiger partial charge in [-0.2, -0.15) is 0 Å². The SMILES string of the molecule is O=S(=O)(Nc1ccc(OCC2CCN(c3ccncc3)CC2)cc1)c1ccc2cc(Br)ccc2c1. The molecular weight excluding hydrogens is 526 g/mol. The molecule has 180 valence electrons. The molecule has 0 aliphatic carbocycles. The number of piperidine rings is 1. The lowest BCUT2D eigenvalue weighted by Crippen LogP contribution is -2.35. The van der Waals surface area contributed by atoms with Crippen LogP contribution in [0.3, 0.4) is 0 Å². The number of nitrogens with one attached hydrogen (secondary N) is 1. The Bertz CT molecular complexity index is 1410. The van der Waals surface area contributed by atoms with Crippen LogP contribution >= 0.6 is 15.9 Å². The molecule has 5 rings (SSSR count). The predicted octanol–water partition coefficient (Wildman–Crippen LogP) is 6.09. The second-order valence-electron chi connectivity index (χ2n) is 8.73. The second-order valence-corrected chi connectivity index (χ2v) is 11.3. The molecule has 1 fully saturated rings. The molecule has 4 aromatic rings. The molecule has 2 heterocycles. The van der Waals surface area contributed by atoms with E-state index in [4.69, 9.17) is 4.74 Å². The van der Waals surface area contributed by atoms with Gasteiger partial charge in [-0.25, -0.2) is 8.42 Å². The first-order valence-electron chi connectivity index (χ1n) is 11.6. The second kappa shape index (κ2) is 10.3. The van der Waals surface area contributed by atoms with Crippen LogP contribution in [0.4, 0.5) is 11.4 Å². The molecule has 0 unspecified atom stereocenters. The number of benzene rings is 3. The number of fused-ring (bicyclic) bond motifs is 1. The lowest BCUT2D eigenvalue weighted by molar-refractivity contribution is 0.223. The average Bonchev–Trinajstić information content (AvgIpc) is 2.88. The molecular formula is C27H26BrN3O3S. The number of aromatic nitrogens is 1. The molecule has 8 heteroatoms. The summed E-state index contributed by atoms with van der Waals surface area (Å²) in [5.74, 6) is 1.24. The summed E-state index contributed by atoms with van der Waals surface area (Å²) in [5, 5.41) is 1.84. The van der Waals surface area contributed by atoms with E-state index < -0.39 is 10.0 Å². The average molecular weight is 552 g/mol. The van der Waals surface area contributed by atoms with Gasteiger partial charge in [-0.1, -0.05) is 28.1 Å². The summed E-state index contributed by atoms with van der Waals surface area (Å²) in [6.45, 7) is 2.66. The highest BCUT2D eigenvalue weighted by molar-refractivity contribution is 9.10. The van der Waals surface area contributed by atoms with E-state index in [0.29, 0.717) is 18.2 Å². The number of sulfonamides is 1. The van der Waals surface area contributed by atoms with Gasteiger partial charge in [0, 0.05) is 41.3 Å². The highest BCUT2D eigenvalue weighted by Crippen LogP contribution is 2.26. The van der Waals surface area contributed by atoms with Crippen LogP contribution in [0.2, 0.25) is 0 Å². The number of anilines is 2. The maximum absolute atomic E-state index is 12.9. The minimum atomic E-state index is -3.70. The topological polar surface area (TPSA) is 71.5 Å². The van der Waals surface area contributed by atoms with Crippen LogP contribution in [0.25, 0.3) is 10.8 Å². The molecule has 35 heavy (non-hydrogen) atoms. The monoisotopic (exact) mass is 551 g/mol. The van der Waals surface area contributed by atoms with Gasteiger partial charge < -0.3 is 9.64 Å². The number of ether oxygens (including phenoxy) is 1. The number of rotatable bonds is 7. The molecule has 0 spiro atoms. The van der Waals surface area contributed by atoms with Crippen molar-refractivity contribution < 1.29 is 13.2 Å². The fourth-order valence-corrected chi connectivity index (χ4v) is 5.79. The van der Waals surface area contributed by atoms with Crippen LogP contribution in [-0.2, 0) is 10.0 Å². The van der Waals surface area contributed by atoms with Crippen molar-refractivity contribution in [1.82, 2.24) is 4.98 Å². The lowest BCUT2D eigenvalue weighted by Gasteiger charge is -2.33. The van der Waals surface area contributed by atoms with Crippen molar-refractivity contribution in [3.8, 4) is 5.75 Å². The molecule has 1 saturated heterocycles. The molecule has 1 aliphatic rings. The van der Waals surface area contributed by atoms with Gasteiger partial charge in [0.15, 0.2) is 0 Å². The molecule has 0 bridgehead atoms. The summed E-state index contributed by atoms with van der Waals surface area (Å²) >= 11 is 3.44. The first kappa shape index (κ1) is 23.6. The summed E-state index contributed by atoms with van der Waals surface area (Å²) in [6.07, 6.45) is 5.80. The van der Waals surface area contributed by atoms with Crippen LogP contribution in [0.15, 0.2) is 94.6 Å². The standard InChI is InChI=1S/C27H26BrN3O3S/c28-23-3-1-22-18-27(8-2-21(22)17-23)35(32,33)30-24-4-6-26(7-5-24)34-19-20-11-15-31(16-12-20)25-9-13-29-14-10-25/h1-10,13-14,17-18,20,30H,11-12,15-16,19H2. The van der Waals surface area contributed by atoms with E-state index in [-0.39, 0.29) is 4.90 Å². The number of pyridine rings is 1. The predicted molar refractivity (Wildman–Crippen MR) is 144 cm³/mol. The Morgan fingerprint density at radius 3 is 2.34 bits per heavy atom. The maximum Gasteiger partial charge on any atom is 0.261 e. The Morgan fingerprint density at radius 1 is 0.914 bits per heavy atom. The van der Waals surface area contributed by atoms with Crippen molar-refractivity contribution in [2.75, 3.05) is 29.3 Å². The Hall–Kier alpha value is -3.10. The number of hydrogen-bond acceptors (Lipinski definition) is 5. The van der Waals surface area contributed by atoms with Gasteiger partial charge >= 0.3 is 0 Å². The van der Waals surface area contributed by atoms with E-state index >= 15 is 0 Å². The van der Waals surface area contributed by atoms with Gasteiger partial charge in [-0.05, 0) is 90.2 Å². The van der Waals surface area contributed by atoms with Gasteiger partial charge in [0.05, 0.1) is 11.5 Å². The van der Waals surface area contributed by atoms with Crippen LogP contribution in [0.5, 0.6) is 5.75 Å². The quantitative estimate of drug-likeness (QED) is 0.300. The van der Waals surface area contributed by atoms with Crippen LogP contribution in [0, 0.1) is 5.92 Å². The van der Waals surface area contributed by atoms with E-state index in [1.807, 2.05) is 60.9 Å². The Morgan fingerprint density at radius 2 is 1.60 bits per heavy atom. The Kier molecular flexibility index (Phi) is 6.92. The third-order valence-electron chi connectivity index (χ3n) is 6.32. The van der Waals surface area contributed by atoms with E-state index in [0.717, 1.165) is 46.9 Å². The van der Waals surface area contributed by atoms with Gasteiger partial charge in [0.1, 0.15) is 5.75 Å². The summed E-state index contributed by atoms with van der Waals surface area (Å²) in [6, 6.07) is 22.0. The highest BCUT2D eigenvalue weighted by Gasteiger charge is 2.20. The number of nitrogens with zero attached hydrogens (tertiary/aromatic N) is 2. The molecule has 1 aliphatic heterocycles. The van der Waals surface area contributed by atoms with Gasteiger partial charge in [-0.15, -0.1) is 0 Å². The lowest BCUT2D eigenvalue weighted by atomic mass is 9.97. The van der Waals surface area contributed by atoms with Gasteiger partial charge in [0.2, 0.25) is 0 Å². The van der Waals surface area contributed by atoms with Crippen molar-refractivity contribution in [2.45, 2.75) is 17.7 Å². The zero-order chi connectivity index (χ0) is 24.3. The zero-order valence-corrected chi connectivity index (χ0v) is 21.5. The van der Waals surface area contributed by atoms with E-state index in [1.54, 1.807) is 24.3 Å². The summed E-state index contributed by atoms with van der Waals surface area (Å²) in [4.78, 5) is 6.70. The molecule has 1 aromatic heterocycles. The molecule has 0 atom stereocenters. The molecule has 0 radical (unpaired) electrons.